The Balaban J connectivity index is 2.39. The van der Waals surface area contributed by atoms with Gasteiger partial charge in [0.25, 0.3) is 0 Å². The smallest absolute Gasteiger partial charge is 0.405 e. The Morgan fingerprint density at radius 2 is 1.72 bits per heavy atom. The summed E-state index contributed by atoms with van der Waals surface area (Å²) in [4.78, 5) is -0.566. The molecule has 0 saturated carbocycles. The average molecular weight is 525 g/mol. The van der Waals surface area contributed by atoms with Crippen LogP contribution >= 0.6 is 34.9 Å². The zero-order chi connectivity index (χ0) is 21.9. The Hall–Kier alpha value is -0.740. The lowest BCUT2D eigenvalue weighted by Crippen LogP contribution is -2.17. The van der Waals surface area contributed by atoms with Gasteiger partial charge in [0.1, 0.15) is 10.6 Å². The molecule has 1 heterocycles. The van der Waals surface area contributed by atoms with Crippen LogP contribution in [0.2, 0.25) is 0 Å². The average Bonchev–Trinajstić information content (AvgIpc) is 2.96. The molecule has 0 saturated heterocycles. The molecule has 0 N–H and O–H groups in total. The molecule has 0 aliphatic heterocycles. The molecule has 1 aromatic heterocycles. The van der Waals surface area contributed by atoms with E-state index in [1.807, 2.05) is 0 Å². The third-order valence-corrected chi connectivity index (χ3v) is 8.33. The van der Waals surface area contributed by atoms with E-state index in [4.69, 9.17) is 13.8 Å². The second kappa shape index (κ2) is 9.60. The highest BCUT2D eigenvalue weighted by molar-refractivity contribution is 9.10. The molecule has 1 aromatic carbocycles. The number of halogens is 6. The Bertz CT molecular complexity index is 877. The van der Waals surface area contributed by atoms with Gasteiger partial charge in [-0.15, -0.1) is 11.3 Å². The van der Waals surface area contributed by atoms with Crippen LogP contribution in [0.1, 0.15) is 31.6 Å². The van der Waals surface area contributed by atoms with Crippen LogP contribution in [0.25, 0.3) is 10.1 Å². The van der Waals surface area contributed by atoms with Gasteiger partial charge in [-0.25, -0.2) is 0 Å². The minimum Gasteiger partial charge on any atom is -0.492 e. The van der Waals surface area contributed by atoms with Gasteiger partial charge in [-0.05, 0) is 42.3 Å². The van der Waals surface area contributed by atoms with Gasteiger partial charge < -0.3 is 13.8 Å². The minimum absolute atomic E-state index is 0.00266. The Labute approximate surface area is 177 Å². The third-order valence-electron chi connectivity index (χ3n) is 3.70. The molecule has 0 aliphatic rings. The van der Waals surface area contributed by atoms with Crippen LogP contribution in [0.5, 0.6) is 5.75 Å². The van der Waals surface area contributed by atoms with E-state index in [2.05, 4.69) is 15.9 Å². The molecule has 2 aromatic rings. The van der Waals surface area contributed by atoms with Crippen LogP contribution < -0.4 is 4.74 Å². The summed E-state index contributed by atoms with van der Waals surface area (Å²) in [7, 11) is -4.80. The minimum atomic E-state index is -4.80. The van der Waals surface area contributed by atoms with Crippen LogP contribution in [0.15, 0.2) is 22.7 Å². The molecule has 0 atom stereocenters. The van der Waals surface area contributed by atoms with Crippen molar-refractivity contribution in [1.82, 2.24) is 0 Å². The summed E-state index contributed by atoms with van der Waals surface area (Å²) in [6.07, 6.45) is -5.57. The van der Waals surface area contributed by atoms with Gasteiger partial charge in [-0.1, -0.05) is 12.1 Å². The molecule has 0 aliphatic carbocycles. The lowest BCUT2D eigenvalue weighted by molar-refractivity contribution is -0.136. The van der Waals surface area contributed by atoms with E-state index >= 15 is 8.78 Å². The van der Waals surface area contributed by atoms with E-state index in [-0.39, 0.29) is 36.5 Å². The van der Waals surface area contributed by atoms with Crippen molar-refractivity contribution in [3.63, 3.8) is 0 Å². The molecule has 0 spiro atoms. The molecule has 0 fully saturated rings. The number of fused-ring (bicyclic) bond motifs is 1. The second-order valence-electron chi connectivity index (χ2n) is 5.82. The highest BCUT2D eigenvalue weighted by Gasteiger charge is 2.57. The number of thiophene rings is 1. The third kappa shape index (κ3) is 5.50. The van der Waals surface area contributed by atoms with Gasteiger partial charge in [0.15, 0.2) is 0 Å². The molecular weight excluding hydrogens is 506 g/mol. The molecule has 0 unspecified atom stereocenters. The SMILES string of the molecule is CCOP(=O)(OCC)C(F)(F)c1sc2c(OCCCC(F)(F)F)cccc2c1Br. The Morgan fingerprint density at radius 3 is 2.28 bits per heavy atom. The lowest BCUT2D eigenvalue weighted by atomic mass is 10.2. The van der Waals surface area contributed by atoms with E-state index in [9.17, 15) is 17.7 Å². The maximum atomic E-state index is 15.1. The fourth-order valence-corrected chi connectivity index (χ4v) is 6.54. The number of rotatable bonds is 10. The van der Waals surface area contributed by atoms with Crippen molar-refractivity contribution in [2.75, 3.05) is 19.8 Å². The van der Waals surface area contributed by atoms with Crippen LogP contribution in [0.4, 0.5) is 22.0 Å². The molecule has 29 heavy (non-hydrogen) atoms. The summed E-state index contributed by atoms with van der Waals surface area (Å²) < 4.78 is 95.1. The van der Waals surface area contributed by atoms with E-state index in [0.717, 1.165) is 0 Å². The van der Waals surface area contributed by atoms with Gasteiger partial charge in [0.2, 0.25) is 0 Å². The van der Waals surface area contributed by atoms with Crippen molar-refractivity contribution >= 4 is 44.9 Å². The lowest BCUT2D eigenvalue weighted by Gasteiger charge is -2.25. The van der Waals surface area contributed by atoms with Crippen molar-refractivity contribution in [1.29, 1.82) is 0 Å². The van der Waals surface area contributed by atoms with Gasteiger partial charge in [0.05, 0.1) is 24.5 Å². The molecule has 4 nitrogen and oxygen atoms in total. The summed E-state index contributed by atoms with van der Waals surface area (Å²) in [5, 5.41) is 0.359. The summed E-state index contributed by atoms with van der Waals surface area (Å²) in [6.45, 7) is 2.16. The van der Waals surface area contributed by atoms with E-state index in [0.29, 0.717) is 21.4 Å². The molecule has 164 valence electrons. The van der Waals surface area contributed by atoms with Crippen molar-refractivity contribution in [3.05, 3.63) is 27.5 Å². The first-order valence-corrected chi connectivity index (χ1v) is 11.8. The van der Waals surface area contributed by atoms with E-state index in [1.165, 1.54) is 26.0 Å². The predicted octanol–water partition coefficient (Wildman–Crippen LogP) is 7.70. The zero-order valence-corrected chi connectivity index (χ0v) is 18.8. The normalized spacial score (nSPS) is 13.2. The summed E-state index contributed by atoms with van der Waals surface area (Å²) in [5.41, 5.74) is -3.94. The molecule has 12 heteroatoms. The molecule has 0 amide bonds. The maximum Gasteiger partial charge on any atom is 0.405 e. The topological polar surface area (TPSA) is 44.8 Å². The number of benzene rings is 1. The number of alkyl halides is 5. The van der Waals surface area contributed by atoms with Crippen molar-refractivity contribution in [2.24, 2.45) is 0 Å². The van der Waals surface area contributed by atoms with Crippen LogP contribution in [-0.2, 0) is 19.3 Å². The quantitative estimate of drug-likeness (QED) is 0.181. The number of hydrogen-bond acceptors (Lipinski definition) is 5. The standard InChI is InChI=1S/C17H19BrF5O4PS/c1-3-26-28(24,27-4-2)17(22,23)15-13(18)11-7-5-8-12(14(11)29-15)25-10-6-9-16(19,20)21/h5,7-8H,3-4,6,9-10H2,1-2H3. The largest absolute Gasteiger partial charge is 0.492 e. The zero-order valence-electron chi connectivity index (χ0n) is 15.5. The summed E-state index contributed by atoms with van der Waals surface area (Å²) >= 11 is 3.74. The van der Waals surface area contributed by atoms with Crippen molar-refractivity contribution < 1.29 is 40.3 Å². The Morgan fingerprint density at radius 1 is 1.10 bits per heavy atom. The maximum absolute atomic E-state index is 15.1. The molecule has 2 rings (SSSR count). The van der Waals surface area contributed by atoms with Gasteiger partial charge in [-0.3, -0.25) is 4.57 Å². The fourth-order valence-electron chi connectivity index (χ4n) is 2.49. The Kier molecular flexibility index (Phi) is 8.12. The monoisotopic (exact) mass is 524 g/mol. The first-order valence-electron chi connectivity index (χ1n) is 8.65. The highest BCUT2D eigenvalue weighted by atomic mass is 79.9. The van der Waals surface area contributed by atoms with Gasteiger partial charge in [0, 0.05) is 16.3 Å². The highest BCUT2D eigenvalue weighted by Crippen LogP contribution is 2.69. The molecular formula is C17H19BrF5O4PS. The van der Waals surface area contributed by atoms with Crippen molar-refractivity contribution in [2.45, 2.75) is 38.5 Å². The van der Waals surface area contributed by atoms with Crippen LogP contribution in [0, 0.1) is 0 Å². The first kappa shape index (κ1) is 24.5. The second-order valence-corrected chi connectivity index (χ2v) is 9.71. The van der Waals surface area contributed by atoms with Crippen LogP contribution in [0.3, 0.4) is 0 Å². The molecule has 0 bridgehead atoms. The van der Waals surface area contributed by atoms with Gasteiger partial charge in [-0.2, -0.15) is 22.0 Å². The fraction of sp³-hybridized carbons (Fsp3) is 0.529. The number of hydrogen-bond donors (Lipinski definition) is 0. The first-order chi connectivity index (χ1) is 13.5. The molecule has 0 radical (unpaired) electrons. The van der Waals surface area contributed by atoms with E-state index < -0.39 is 30.7 Å². The number of ether oxygens (including phenoxy) is 1. The van der Waals surface area contributed by atoms with E-state index in [1.54, 1.807) is 6.07 Å². The van der Waals surface area contributed by atoms with Crippen molar-refractivity contribution in [3.8, 4) is 5.75 Å². The summed E-state index contributed by atoms with van der Waals surface area (Å²) in [6, 6.07) is 4.56. The summed E-state index contributed by atoms with van der Waals surface area (Å²) in [5.74, 6) is 0.167. The predicted molar refractivity (Wildman–Crippen MR) is 105 cm³/mol. The van der Waals surface area contributed by atoms with Gasteiger partial charge >= 0.3 is 19.4 Å². The van der Waals surface area contributed by atoms with Crippen LogP contribution in [-0.4, -0.2) is 26.0 Å².